The lowest BCUT2D eigenvalue weighted by Crippen LogP contribution is -2.07. The first kappa shape index (κ1) is 23.5. The van der Waals surface area contributed by atoms with Crippen LogP contribution in [0.3, 0.4) is 0 Å². The molecule has 0 unspecified atom stereocenters. The van der Waals surface area contributed by atoms with Gasteiger partial charge in [-0.3, -0.25) is 4.57 Å². The first-order valence-electron chi connectivity index (χ1n) is 18.9. The van der Waals surface area contributed by atoms with Crippen molar-refractivity contribution in [3.8, 4) is 45.5 Å². The second-order valence-electron chi connectivity index (χ2n) is 12.1. The van der Waals surface area contributed by atoms with Crippen molar-refractivity contribution in [1.82, 2.24) is 24.1 Å². The summed E-state index contributed by atoms with van der Waals surface area (Å²) in [4.78, 5) is 15.4. The first-order valence-corrected chi connectivity index (χ1v) is 16.4. The summed E-state index contributed by atoms with van der Waals surface area (Å²) >= 11 is 0. The van der Waals surface area contributed by atoms with Gasteiger partial charge in [-0.25, -0.2) is 4.98 Å². The Labute approximate surface area is 295 Å². The lowest BCUT2D eigenvalue weighted by Gasteiger charge is -2.13. The number of nitrogens with zero attached hydrogens (tertiary/aromatic N) is 5. The molecule has 3 heterocycles. The molecule has 0 bridgehead atoms. The van der Waals surface area contributed by atoms with Crippen LogP contribution in [0, 0.1) is 0 Å². The van der Waals surface area contributed by atoms with E-state index in [1.54, 1.807) is 0 Å². The molecule has 0 fully saturated rings. The van der Waals surface area contributed by atoms with Gasteiger partial charge in [0.15, 0.2) is 11.6 Å². The standard InChI is InChI=1S/C45H29N5/c1-4-15-30(16-5-1)32-19-14-20-33(29-32)44-46-43(31-17-6-2-7-18-31)47-45(48-44)50-40-26-13-11-24-36(40)38-28-27-37-35-23-10-12-25-39(35)49(41(37)42(38)50)34-21-8-3-9-22-34/h1-29H/i3D,8D,9D,21D,22D. The summed E-state index contributed by atoms with van der Waals surface area (Å²) in [6.45, 7) is 0. The van der Waals surface area contributed by atoms with Gasteiger partial charge in [-0.15, -0.1) is 0 Å². The predicted molar refractivity (Wildman–Crippen MR) is 205 cm³/mol. The van der Waals surface area contributed by atoms with E-state index in [2.05, 4.69) is 36.4 Å². The molecule has 3 aromatic heterocycles. The van der Waals surface area contributed by atoms with Crippen LogP contribution in [0.15, 0.2) is 176 Å². The fourth-order valence-electron chi connectivity index (χ4n) is 7.07. The maximum atomic E-state index is 9.09. The molecule has 10 rings (SSSR count). The maximum absolute atomic E-state index is 9.09. The topological polar surface area (TPSA) is 48.5 Å². The van der Waals surface area contributed by atoms with E-state index in [4.69, 9.17) is 21.8 Å². The highest BCUT2D eigenvalue weighted by Gasteiger charge is 2.23. The van der Waals surface area contributed by atoms with Crippen molar-refractivity contribution in [2.24, 2.45) is 0 Å². The Hall–Kier alpha value is -6.85. The predicted octanol–water partition coefficient (Wildman–Crippen LogP) is 11.1. The Morgan fingerprint density at radius 3 is 1.60 bits per heavy atom. The molecule has 7 aromatic carbocycles. The second-order valence-corrected chi connectivity index (χ2v) is 12.1. The summed E-state index contributed by atoms with van der Waals surface area (Å²) in [5, 5.41) is 3.58. The van der Waals surface area contributed by atoms with Crippen molar-refractivity contribution >= 4 is 43.6 Å². The minimum absolute atomic E-state index is 0.0699. The van der Waals surface area contributed by atoms with Crippen LogP contribution < -0.4 is 0 Å². The van der Waals surface area contributed by atoms with Crippen LogP contribution in [0.25, 0.3) is 89.2 Å². The van der Waals surface area contributed by atoms with Gasteiger partial charge in [-0.2, -0.15) is 9.97 Å². The van der Waals surface area contributed by atoms with E-state index in [1.807, 2.05) is 118 Å². The highest BCUT2D eigenvalue weighted by atomic mass is 15.2. The van der Waals surface area contributed by atoms with E-state index in [-0.39, 0.29) is 17.8 Å². The Balaban J connectivity index is 1.36. The van der Waals surface area contributed by atoms with E-state index in [0.29, 0.717) is 28.6 Å². The number of hydrogen-bond acceptors (Lipinski definition) is 3. The molecule has 5 heteroatoms. The van der Waals surface area contributed by atoms with Crippen LogP contribution in [-0.2, 0) is 0 Å². The average Bonchev–Trinajstić information content (AvgIpc) is 3.76. The minimum Gasteiger partial charge on any atom is -0.307 e. The Morgan fingerprint density at radius 2 is 0.920 bits per heavy atom. The number of benzene rings is 7. The van der Waals surface area contributed by atoms with Gasteiger partial charge in [-0.05, 0) is 41.4 Å². The smallest absolute Gasteiger partial charge is 0.238 e. The van der Waals surface area contributed by atoms with E-state index in [1.165, 1.54) is 0 Å². The van der Waals surface area contributed by atoms with Crippen LogP contribution in [0.1, 0.15) is 6.85 Å². The highest BCUT2D eigenvalue weighted by Crippen LogP contribution is 2.41. The highest BCUT2D eigenvalue weighted by molar-refractivity contribution is 6.23. The molecule has 0 aliphatic carbocycles. The van der Waals surface area contributed by atoms with Crippen LogP contribution >= 0.6 is 0 Å². The van der Waals surface area contributed by atoms with Gasteiger partial charge in [-0.1, -0.05) is 146 Å². The van der Waals surface area contributed by atoms with Crippen LogP contribution in [-0.4, -0.2) is 24.1 Å². The van der Waals surface area contributed by atoms with E-state index >= 15 is 0 Å². The van der Waals surface area contributed by atoms with Gasteiger partial charge in [0.1, 0.15) is 0 Å². The van der Waals surface area contributed by atoms with Gasteiger partial charge in [0.05, 0.1) is 28.9 Å². The fourth-order valence-corrected chi connectivity index (χ4v) is 7.07. The molecule has 0 saturated heterocycles. The third-order valence-corrected chi connectivity index (χ3v) is 9.26. The summed E-state index contributed by atoms with van der Waals surface area (Å²) in [7, 11) is 0. The summed E-state index contributed by atoms with van der Waals surface area (Å²) in [5.41, 5.74) is 6.78. The Bertz CT molecular complexity index is 3130. The molecule has 234 valence electrons. The van der Waals surface area contributed by atoms with Crippen molar-refractivity contribution in [2.75, 3.05) is 0 Å². The molecule has 5 nitrogen and oxygen atoms in total. The van der Waals surface area contributed by atoms with Crippen molar-refractivity contribution in [3.05, 3.63) is 176 Å². The second kappa shape index (κ2) is 11.4. The molecule has 0 aliphatic heterocycles. The average molecular weight is 645 g/mol. The molecule has 0 N–H and O–H groups in total. The number of fused-ring (bicyclic) bond motifs is 7. The molecule has 0 saturated carbocycles. The van der Waals surface area contributed by atoms with Gasteiger partial charge >= 0.3 is 0 Å². The lowest BCUT2D eigenvalue weighted by atomic mass is 10.0. The first-order chi connectivity index (χ1) is 26.9. The summed E-state index contributed by atoms with van der Waals surface area (Å²) in [6, 6.07) is 46.3. The molecule has 0 aliphatic rings. The van der Waals surface area contributed by atoms with E-state index < -0.39 is 18.1 Å². The molecule has 0 amide bonds. The maximum Gasteiger partial charge on any atom is 0.238 e. The molecule has 0 atom stereocenters. The lowest BCUT2D eigenvalue weighted by molar-refractivity contribution is 0.953. The molecule has 10 aromatic rings. The minimum atomic E-state index is -0.443. The summed E-state index contributed by atoms with van der Waals surface area (Å²) in [6.07, 6.45) is 0. The normalized spacial score (nSPS) is 13.0. The SMILES string of the molecule is [2H]c1c([2H])c([2H])c(-n2c3ccccc3c3ccc4c5ccccc5n(-c5nc(-c6ccccc6)nc(-c6cccc(-c7ccccc7)c6)n5)c4c32)c([2H])c1[2H]. The van der Waals surface area contributed by atoms with E-state index in [0.717, 1.165) is 54.8 Å². The van der Waals surface area contributed by atoms with E-state index in [9.17, 15) is 0 Å². The molecule has 0 spiro atoms. The number of aromatic nitrogens is 5. The number of hydrogen-bond donors (Lipinski definition) is 0. The zero-order chi connectivity index (χ0) is 37.4. The fraction of sp³-hybridized carbons (Fsp3) is 0. The number of rotatable bonds is 5. The van der Waals surface area contributed by atoms with Crippen LogP contribution in [0.2, 0.25) is 0 Å². The molecular weight excluding hydrogens is 611 g/mol. The molecular formula is C45H29N5. The van der Waals surface area contributed by atoms with Gasteiger partial charge in [0, 0.05) is 38.4 Å². The molecule has 50 heavy (non-hydrogen) atoms. The van der Waals surface area contributed by atoms with Crippen molar-refractivity contribution in [2.45, 2.75) is 0 Å². The van der Waals surface area contributed by atoms with Crippen LogP contribution in [0.5, 0.6) is 0 Å². The van der Waals surface area contributed by atoms with Crippen molar-refractivity contribution in [1.29, 1.82) is 0 Å². The summed E-state index contributed by atoms with van der Waals surface area (Å²) in [5.74, 6) is 1.37. The van der Waals surface area contributed by atoms with Crippen LogP contribution in [0.4, 0.5) is 0 Å². The quantitative estimate of drug-likeness (QED) is 0.187. The molecule has 0 radical (unpaired) electrons. The van der Waals surface area contributed by atoms with Gasteiger partial charge in [0.25, 0.3) is 0 Å². The monoisotopic (exact) mass is 644 g/mol. The Morgan fingerprint density at radius 1 is 0.400 bits per heavy atom. The van der Waals surface area contributed by atoms with Gasteiger partial charge < -0.3 is 4.57 Å². The zero-order valence-electron chi connectivity index (χ0n) is 31.6. The zero-order valence-corrected chi connectivity index (χ0v) is 26.6. The van der Waals surface area contributed by atoms with Gasteiger partial charge in [0.2, 0.25) is 5.95 Å². The third-order valence-electron chi connectivity index (χ3n) is 9.26. The largest absolute Gasteiger partial charge is 0.307 e. The third kappa shape index (κ3) is 4.45. The van der Waals surface area contributed by atoms with Crippen molar-refractivity contribution < 1.29 is 6.85 Å². The number of para-hydroxylation sites is 3. The van der Waals surface area contributed by atoms with Crippen molar-refractivity contribution in [3.63, 3.8) is 0 Å². The Kier molecular flexibility index (Phi) is 5.35. The summed E-state index contributed by atoms with van der Waals surface area (Å²) < 4.78 is 47.6.